The van der Waals surface area contributed by atoms with Crippen molar-refractivity contribution in [2.24, 2.45) is 0 Å². The largest absolute Gasteiger partial charge is 0.497 e. The summed E-state index contributed by atoms with van der Waals surface area (Å²) < 4.78 is 52.7. The Kier molecular flexibility index (Phi) is 5.87. The van der Waals surface area contributed by atoms with E-state index < -0.39 is 10.0 Å². The number of fused-ring (bicyclic) bond motifs is 1. The molecule has 10 heteroatoms. The minimum absolute atomic E-state index is 0.0223. The number of hydrogen-bond acceptors (Lipinski definition) is 6. The van der Waals surface area contributed by atoms with E-state index in [-0.39, 0.29) is 48.5 Å². The van der Waals surface area contributed by atoms with Gasteiger partial charge in [0.05, 0.1) is 19.1 Å². The molecule has 0 radical (unpaired) electrons. The first kappa shape index (κ1) is 21.5. The van der Waals surface area contributed by atoms with Gasteiger partial charge in [-0.2, -0.15) is 4.31 Å². The summed E-state index contributed by atoms with van der Waals surface area (Å²) in [6, 6.07) is 10.9. The third-order valence-corrected chi connectivity index (χ3v) is 8.24. The number of sulfonamides is 1. The third kappa shape index (κ3) is 3.98. The predicted molar refractivity (Wildman–Crippen MR) is 116 cm³/mol. The van der Waals surface area contributed by atoms with Gasteiger partial charge >= 0.3 is 0 Å². The van der Waals surface area contributed by atoms with E-state index in [4.69, 9.17) is 9.47 Å². The van der Waals surface area contributed by atoms with Gasteiger partial charge in [-0.25, -0.2) is 12.8 Å². The van der Waals surface area contributed by atoms with Crippen LogP contribution in [-0.4, -0.2) is 63.9 Å². The van der Waals surface area contributed by atoms with Gasteiger partial charge in [0, 0.05) is 42.3 Å². The molecule has 0 unspecified atom stereocenters. The van der Waals surface area contributed by atoms with Gasteiger partial charge in [0.1, 0.15) is 22.2 Å². The van der Waals surface area contributed by atoms with Crippen LogP contribution in [0, 0.1) is 5.82 Å². The molecule has 1 aliphatic rings. The fourth-order valence-corrected chi connectivity index (χ4v) is 6.18. The second-order valence-corrected chi connectivity index (χ2v) is 9.97. The van der Waals surface area contributed by atoms with E-state index >= 15 is 0 Å². The number of benzene rings is 2. The van der Waals surface area contributed by atoms with Crippen molar-refractivity contribution in [3.8, 4) is 11.5 Å². The van der Waals surface area contributed by atoms with Crippen molar-refractivity contribution in [1.82, 2.24) is 9.21 Å². The Labute approximate surface area is 183 Å². The number of hydrogen-bond donors (Lipinski definition) is 0. The van der Waals surface area contributed by atoms with Gasteiger partial charge in [-0.05, 0) is 30.3 Å². The van der Waals surface area contributed by atoms with E-state index in [1.165, 1.54) is 42.0 Å². The summed E-state index contributed by atoms with van der Waals surface area (Å²) >= 11 is 1.23. The molecule has 1 aliphatic heterocycles. The Bertz CT molecular complexity index is 1230. The minimum Gasteiger partial charge on any atom is -0.497 e. The molecule has 0 bridgehead atoms. The van der Waals surface area contributed by atoms with Crippen molar-refractivity contribution in [2.75, 3.05) is 40.4 Å². The van der Waals surface area contributed by atoms with Crippen LogP contribution in [0.25, 0.3) is 10.1 Å². The van der Waals surface area contributed by atoms with Crippen LogP contribution < -0.4 is 9.47 Å². The molecule has 0 atom stereocenters. The lowest BCUT2D eigenvalue weighted by molar-refractivity contribution is 0.0702. The number of piperazine rings is 1. The molecular weight excluding hydrogens is 443 g/mol. The Morgan fingerprint density at radius 1 is 1.03 bits per heavy atom. The molecule has 1 fully saturated rings. The van der Waals surface area contributed by atoms with Gasteiger partial charge < -0.3 is 14.4 Å². The zero-order valence-electron chi connectivity index (χ0n) is 17.0. The van der Waals surface area contributed by atoms with Gasteiger partial charge in [-0.3, -0.25) is 4.79 Å². The molecule has 1 saturated heterocycles. The Morgan fingerprint density at radius 2 is 1.77 bits per heavy atom. The molecule has 3 aromatic rings. The van der Waals surface area contributed by atoms with Crippen molar-refractivity contribution < 1.29 is 27.1 Å². The number of thiophene rings is 1. The van der Waals surface area contributed by atoms with Gasteiger partial charge in [0.2, 0.25) is 10.0 Å². The van der Waals surface area contributed by atoms with E-state index in [2.05, 4.69) is 0 Å². The number of methoxy groups -OCH3 is 2. The van der Waals surface area contributed by atoms with Crippen molar-refractivity contribution in [2.45, 2.75) is 4.90 Å². The summed E-state index contributed by atoms with van der Waals surface area (Å²) in [4.78, 5) is 15.0. The van der Waals surface area contributed by atoms with E-state index in [0.29, 0.717) is 20.7 Å². The fraction of sp³-hybridized carbons (Fsp3) is 0.286. The fourth-order valence-electron chi connectivity index (χ4n) is 3.54. The molecule has 31 heavy (non-hydrogen) atoms. The molecule has 1 aromatic heterocycles. The van der Waals surface area contributed by atoms with Crippen LogP contribution in [0.15, 0.2) is 47.4 Å². The van der Waals surface area contributed by atoms with Crippen LogP contribution in [0.3, 0.4) is 0 Å². The van der Waals surface area contributed by atoms with Gasteiger partial charge in [-0.1, -0.05) is 6.07 Å². The number of carbonyl (C=O) groups is 1. The van der Waals surface area contributed by atoms with Crippen LogP contribution in [0.1, 0.15) is 9.67 Å². The van der Waals surface area contributed by atoms with Gasteiger partial charge in [-0.15, -0.1) is 11.3 Å². The van der Waals surface area contributed by atoms with Crippen LogP contribution in [-0.2, 0) is 10.0 Å². The van der Waals surface area contributed by atoms with Crippen LogP contribution >= 0.6 is 11.3 Å². The summed E-state index contributed by atoms with van der Waals surface area (Å²) in [7, 11) is -0.965. The topological polar surface area (TPSA) is 76.2 Å². The standard InChI is InChI=1S/C21H21FN2O5S2/c1-28-14-6-7-17(29-2)20(12-14)31(26,27)24-10-8-23(9-11-24)21(25)19-13-15-16(22)4-3-5-18(15)30-19/h3-7,12-13H,8-11H2,1-2H3. The number of amides is 1. The van der Waals surface area contributed by atoms with Crippen molar-refractivity contribution >= 4 is 37.4 Å². The highest BCUT2D eigenvalue weighted by Gasteiger charge is 2.33. The average Bonchev–Trinajstić information content (AvgIpc) is 3.24. The Balaban J connectivity index is 1.51. The second-order valence-electron chi connectivity index (χ2n) is 6.98. The number of rotatable bonds is 5. The molecule has 7 nitrogen and oxygen atoms in total. The lowest BCUT2D eigenvalue weighted by atomic mass is 10.2. The molecule has 0 saturated carbocycles. The van der Waals surface area contributed by atoms with E-state index in [1.807, 2.05) is 0 Å². The molecule has 2 heterocycles. The smallest absolute Gasteiger partial charge is 0.264 e. The maximum atomic E-state index is 14.0. The summed E-state index contributed by atoms with van der Waals surface area (Å²) in [5.41, 5.74) is 0. The van der Waals surface area contributed by atoms with Crippen LogP contribution in [0.2, 0.25) is 0 Å². The van der Waals surface area contributed by atoms with Gasteiger partial charge in [0.25, 0.3) is 5.91 Å². The predicted octanol–water partition coefficient (Wildman–Crippen LogP) is 3.20. The maximum Gasteiger partial charge on any atom is 0.264 e. The van der Waals surface area contributed by atoms with Crippen LogP contribution in [0.4, 0.5) is 4.39 Å². The first-order chi connectivity index (χ1) is 14.8. The second kappa shape index (κ2) is 8.45. The summed E-state index contributed by atoms with van der Waals surface area (Å²) in [6.07, 6.45) is 0. The number of carbonyl (C=O) groups excluding carboxylic acids is 1. The molecule has 4 rings (SSSR count). The van der Waals surface area contributed by atoms with Gasteiger partial charge in [0.15, 0.2) is 0 Å². The Morgan fingerprint density at radius 3 is 2.42 bits per heavy atom. The highest BCUT2D eigenvalue weighted by molar-refractivity contribution is 7.89. The number of nitrogens with zero attached hydrogens (tertiary/aromatic N) is 2. The van der Waals surface area contributed by atoms with E-state index in [9.17, 15) is 17.6 Å². The molecule has 0 spiro atoms. The minimum atomic E-state index is -3.83. The zero-order chi connectivity index (χ0) is 22.2. The van der Waals surface area contributed by atoms with E-state index in [1.54, 1.807) is 35.2 Å². The summed E-state index contributed by atoms with van der Waals surface area (Å²) in [6.45, 7) is 0.767. The lowest BCUT2D eigenvalue weighted by Gasteiger charge is -2.34. The number of ether oxygens (including phenoxy) is 2. The first-order valence-electron chi connectivity index (χ1n) is 9.54. The summed E-state index contributed by atoms with van der Waals surface area (Å²) in [5.74, 6) is 0.0457. The van der Waals surface area contributed by atoms with E-state index in [0.717, 1.165) is 0 Å². The number of halogens is 1. The molecular formula is C21H21FN2O5S2. The Hall–Kier alpha value is -2.69. The third-order valence-electron chi connectivity index (χ3n) is 5.23. The molecule has 164 valence electrons. The van der Waals surface area contributed by atoms with Crippen LogP contribution in [0.5, 0.6) is 11.5 Å². The average molecular weight is 465 g/mol. The van der Waals surface area contributed by atoms with Crippen molar-refractivity contribution in [3.05, 3.63) is 53.2 Å². The van der Waals surface area contributed by atoms with Crippen molar-refractivity contribution in [3.63, 3.8) is 0 Å². The highest BCUT2D eigenvalue weighted by atomic mass is 32.2. The normalized spacial score (nSPS) is 15.3. The molecule has 0 aliphatic carbocycles. The molecule has 2 aromatic carbocycles. The SMILES string of the molecule is COc1ccc(OC)c(S(=O)(=O)N2CCN(C(=O)c3cc4c(F)cccc4s3)CC2)c1. The maximum absolute atomic E-state index is 14.0. The summed E-state index contributed by atoms with van der Waals surface area (Å²) in [5, 5.41) is 0.419. The molecule has 0 N–H and O–H groups in total. The van der Waals surface area contributed by atoms with Crippen molar-refractivity contribution in [1.29, 1.82) is 0 Å². The zero-order valence-corrected chi connectivity index (χ0v) is 18.6. The quantitative estimate of drug-likeness (QED) is 0.580. The highest BCUT2D eigenvalue weighted by Crippen LogP contribution is 2.32. The monoisotopic (exact) mass is 464 g/mol. The lowest BCUT2D eigenvalue weighted by Crippen LogP contribution is -2.50. The molecule has 1 amide bonds. The first-order valence-corrected chi connectivity index (χ1v) is 11.8.